The average Bonchev–Trinajstić information content (AvgIpc) is 2.97. The first-order chi connectivity index (χ1) is 15.0. The topological polar surface area (TPSA) is 90.0 Å². The number of carbonyl (C=O) groups excluding carboxylic acids is 3. The summed E-state index contributed by atoms with van der Waals surface area (Å²) in [6.07, 6.45) is 13.9. The van der Waals surface area contributed by atoms with E-state index in [9.17, 15) is 14.4 Å². The lowest BCUT2D eigenvalue weighted by Crippen LogP contribution is -2.62. The van der Waals surface area contributed by atoms with Crippen LogP contribution in [-0.4, -0.2) is 51.0 Å². The fourth-order valence-electron chi connectivity index (χ4n) is 8.06. The van der Waals surface area contributed by atoms with Crippen LogP contribution in [0.5, 0.6) is 0 Å². The fourth-order valence-corrected chi connectivity index (χ4v) is 8.06. The van der Waals surface area contributed by atoms with E-state index >= 15 is 0 Å². The van der Waals surface area contributed by atoms with Crippen molar-refractivity contribution in [2.45, 2.75) is 101 Å². The molecule has 0 aromatic carbocycles. The summed E-state index contributed by atoms with van der Waals surface area (Å²) in [5.74, 6) is 2.04. The Bertz CT molecular complexity index is 697. The third kappa shape index (κ3) is 3.87. The molecule has 1 atom stereocenters. The second-order valence-corrected chi connectivity index (χ2v) is 11.2. The molecule has 6 rings (SSSR count). The summed E-state index contributed by atoms with van der Waals surface area (Å²) in [5, 5.41) is 8.79. The quantitative estimate of drug-likeness (QED) is 0.364. The highest BCUT2D eigenvalue weighted by molar-refractivity contribution is 6.05. The van der Waals surface area contributed by atoms with E-state index in [1.807, 2.05) is 4.90 Å². The van der Waals surface area contributed by atoms with Gasteiger partial charge in [0, 0.05) is 13.0 Å². The predicted octanol–water partition coefficient (Wildman–Crippen LogP) is 3.84. The highest BCUT2D eigenvalue weighted by Crippen LogP contribution is 2.58. The Morgan fingerprint density at radius 1 is 1.00 bits per heavy atom. The van der Waals surface area contributed by atoms with Crippen LogP contribution in [0, 0.1) is 23.7 Å². The van der Waals surface area contributed by atoms with Gasteiger partial charge >= 0.3 is 6.03 Å². The van der Waals surface area contributed by atoms with Crippen molar-refractivity contribution in [3.63, 3.8) is 0 Å². The molecule has 5 aliphatic carbocycles. The Kier molecular flexibility index (Phi) is 5.74. The van der Waals surface area contributed by atoms with E-state index in [0.717, 1.165) is 32.1 Å². The molecule has 0 spiro atoms. The second kappa shape index (κ2) is 8.38. The van der Waals surface area contributed by atoms with Gasteiger partial charge in [-0.3, -0.25) is 19.7 Å². The number of carbonyl (C=O) groups is 3. The number of nitrogens with one attached hydrogen (secondary N) is 1. The van der Waals surface area contributed by atoms with Gasteiger partial charge in [-0.25, -0.2) is 10.3 Å². The number of urea groups is 1. The van der Waals surface area contributed by atoms with E-state index in [4.69, 9.17) is 5.21 Å². The van der Waals surface area contributed by atoms with Crippen molar-refractivity contribution in [3.8, 4) is 0 Å². The highest BCUT2D eigenvalue weighted by Gasteiger charge is 2.60. The fraction of sp³-hybridized carbons (Fsp3) is 0.875. The zero-order chi connectivity index (χ0) is 21.6. The molecule has 1 heterocycles. The van der Waals surface area contributed by atoms with Crippen LogP contribution in [0.3, 0.4) is 0 Å². The van der Waals surface area contributed by atoms with E-state index in [1.54, 1.807) is 10.4 Å². The largest absolute Gasteiger partial charge is 0.327 e. The van der Waals surface area contributed by atoms with Crippen LogP contribution in [0.4, 0.5) is 4.79 Å². The van der Waals surface area contributed by atoms with Gasteiger partial charge in [0.05, 0.1) is 5.54 Å². The maximum Gasteiger partial charge on any atom is 0.327 e. The van der Waals surface area contributed by atoms with Gasteiger partial charge in [0.2, 0.25) is 5.91 Å². The minimum Gasteiger partial charge on any atom is -0.312 e. The van der Waals surface area contributed by atoms with Crippen molar-refractivity contribution in [1.29, 1.82) is 0 Å². The Morgan fingerprint density at radius 3 is 2.19 bits per heavy atom. The minimum atomic E-state index is -0.450. The molecule has 31 heavy (non-hydrogen) atoms. The van der Waals surface area contributed by atoms with Crippen molar-refractivity contribution < 1.29 is 19.6 Å². The number of nitrogens with zero attached hydrogens (tertiary/aromatic N) is 2. The summed E-state index contributed by atoms with van der Waals surface area (Å²) < 4.78 is 0. The first-order valence-electron chi connectivity index (χ1n) is 12.6. The normalized spacial score (nSPS) is 37.7. The molecule has 4 bridgehead atoms. The zero-order valence-corrected chi connectivity index (χ0v) is 18.6. The van der Waals surface area contributed by atoms with Crippen LogP contribution in [0.15, 0.2) is 0 Å². The van der Waals surface area contributed by atoms with Crippen LogP contribution in [0.25, 0.3) is 0 Å². The first kappa shape index (κ1) is 21.2. The molecule has 6 aliphatic rings. The third-order valence-electron chi connectivity index (χ3n) is 8.98. The van der Waals surface area contributed by atoms with Gasteiger partial charge in [-0.1, -0.05) is 19.3 Å². The van der Waals surface area contributed by atoms with Crippen LogP contribution >= 0.6 is 0 Å². The lowest BCUT2D eigenvalue weighted by molar-refractivity contribution is -0.141. The predicted molar refractivity (Wildman–Crippen MR) is 114 cm³/mol. The minimum absolute atomic E-state index is 0.0211. The molecule has 1 unspecified atom stereocenters. The van der Waals surface area contributed by atoms with Gasteiger partial charge in [-0.2, -0.15) is 0 Å². The van der Waals surface area contributed by atoms with Crippen molar-refractivity contribution in [2.75, 3.05) is 6.54 Å². The van der Waals surface area contributed by atoms with Crippen LogP contribution in [-0.2, 0) is 9.59 Å². The summed E-state index contributed by atoms with van der Waals surface area (Å²) in [6, 6.07) is -0.511. The second-order valence-electron chi connectivity index (χ2n) is 11.2. The molecule has 172 valence electrons. The van der Waals surface area contributed by atoms with E-state index < -0.39 is 11.9 Å². The van der Waals surface area contributed by atoms with Crippen LogP contribution < -0.4 is 5.48 Å². The van der Waals surface area contributed by atoms with Crippen molar-refractivity contribution in [2.24, 2.45) is 23.7 Å². The molecule has 5 saturated carbocycles. The first-order valence-corrected chi connectivity index (χ1v) is 12.6. The number of hydroxylamine groups is 1. The summed E-state index contributed by atoms with van der Waals surface area (Å²) in [4.78, 5) is 42.6. The van der Waals surface area contributed by atoms with E-state index in [1.165, 1.54) is 38.5 Å². The molecular formula is C24H37N3O4. The maximum atomic E-state index is 13.8. The summed E-state index contributed by atoms with van der Waals surface area (Å²) in [6.45, 7) is 0.671. The number of hydrogen-bond acceptors (Lipinski definition) is 4. The number of hydrogen-bond donors (Lipinski definition) is 2. The van der Waals surface area contributed by atoms with Crippen LogP contribution in [0.2, 0.25) is 0 Å². The molecule has 1 aliphatic heterocycles. The molecule has 2 N–H and O–H groups in total. The summed E-state index contributed by atoms with van der Waals surface area (Å²) in [5.41, 5.74) is 1.41. The summed E-state index contributed by atoms with van der Waals surface area (Å²) >= 11 is 0. The lowest BCUT2D eigenvalue weighted by atomic mass is 9.52. The molecule has 4 amide bonds. The van der Waals surface area contributed by atoms with Crippen molar-refractivity contribution in [3.05, 3.63) is 0 Å². The van der Waals surface area contributed by atoms with E-state index in [2.05, 4.69) is 0 Å². The Labute approximate surface area is 184 Å². The molecular weight excluding hydrogens is 394 g/mol. The van der Waals surface area contributed by atoms with Gasteiger partial charge in [-0.15, -0.1) is 0 Å². The molecule has 7 nitrogen and oxygen atoms in total. The lowest BCUT2D eigenvalue weighted by Gasteiger charge is -2.58. The standard InChI is InChI=1S/C24H37N3O4/c28-21(25-31)8-4-7-20-22(29)27(23(30)26(20)15-16-5-2-1-3-6-16)24-12-17-9-18(13-24)11-19(10-17)14-24/h16-20,31H,1-15H2,(H,25,28). The van der Waals surface area contributed by atoms with E-state index in [-0.39, 0.29) is 23.9 Å². The summed E-state index contributed by atoms with van der Waals surface area (Å²) in [7, 11) is 0. The Balaban J connectivity index is 1.37. The SMILES string of the molecule is O=C(CCCC1C(=O)N(C23CC4CC(CC(C4)C2)C3)C(=O)N1CC1CCCCC1)NO. The van der Waals surface area contributed by atoms with Gasteiger partial charge in [0.15, 0.2) is 0 Å². The monoisotopic (exact) mass is 431 g/mol. The number of imide groups is 1. The third-order valence-corrected chi connectivity index (χ3v) is 8.98. The van der Waals surface area contributed by atoms with Gasteiger partial charge < -0.3 is 4.90 Å². The van der Waals surface area contributed by atoms with Gasteiger partial charge in [0.1, 0.15) is 6.04 Å². The Hall–Kier alpha value is -1.63. The van der Waals surface area contributed by atoms with Gasteiger partial charge in [0.25, 0.3) is 5.91 Å². The Morgan fingerprint density at radius 2 is 1.61 bits per heavy atom. The molecule has 1 saturated heterocycles. The number of amides is 4. The molecule has 6 fully saturated rings. The average molecular weight is 432 g/mol. The smallest absolute Gasteiger partial charge is 0.312 e. The molecule has 0 radical (unpaired) electrons. The molecule has 7 heteroatoms. The highest BCUT2D eigenvalue weighted by atomic mass is 16.5. The van der Waals surface area contributed by atoms with E-state index in [0.29, 0.717) is 43.1 Å². The van der Waals surface area contributed by atoms with Gasteiger partial charge in [-0.05, 0) is 87.9 Å². The van der Waals surface area contributed by atoms with Crippen LogP contribution in [0.1, 0.15) is 89.9 Å². The number of rotatable bonds is 7. The zero-order valence-electron chi connectivity index (χ0n) is 18.6. The van der Waals surface area contributed by atoms with Crippen molar-refractivity contribution in [1.82, 2.24) is 15.3 Å². The molecule has 0 aromatic rings. The molecule has 0 aromatic heterocycles. The van der Waals surface area contributed by atoms with Crippen molar-refractivity contribution >= 4 is 17.8 Å². The maximum absolute atomic E-state index is 13.8.